The van der Waals surface area contributed by atoms with Crippen molar-refractivity contribution in [3.05, 3.63) is 29.8 Å². The summed E-state index contributed by atoms with van der Waals surface area (Å²) in [5.41, 5.74) is -1.53. The van der Waals surface area contributed by atoms with Crippen molar-refractivity contribution >= 4 is 23.5 Å². The van der Waals surface area contributed by atoms with Gasteiger partial charge in [-0.1, -0.05) is 0 Å². The molecule has 144 valence electrons. The molecule has 2 aliphatic carbocycles. The molecule has 0 radical (unpaired) electrons. The molecular formula is C18H18F3N3O3. The fraction of sp³-hybridized carbons (Fsp3) is 0.500. The number of carbonyl (C=O) groups excluding carboxylic acids is 3. The lowest BCUT2D eigenvalue weighted by Gasteiger charge is -2.26. The number of urea groups is 1. The molecule has 0 atom stereocenters. The van der Waals surface area contributed by atoms with Crippen molar-refractivity contribution in [3.8, 4) is 0 Å². The average Bonchev–Trinajstić information content (AvgIpc) is 3.49. The lowest BCUT2D eigenvalue weighted by atomic mass is 9.87. The van der Waals surface area contributed by atoms with Gasteiger partial charge in [0.25, 0.3) is 5.91 Å². The van der Waals surface area contributed by atoms with Gasteiger partial charge in [-0.05, 0) is 61.8 Å². The Labute approximate surface area is 153 Å². The third kappa shape index (κ3) is 3.15. The third-order valence-corrected chi connectivity index (χ3v) is 5.40. The highest BCUT2D eigenvalue weighted by molar-refractivity contribution is 6.10. The van der Waals surface area contributed by atoms with Crippen molar-refractivity contribution in [1.82, 2.24) is 10.2 Å². The van der Waals surface area contributed by atoms with Crippen LogP contribution in [0.25, 0.3) is 0 Å². The molecule has 9 heteroatoms. The summed E-state index contributed by atoms with van der Waals surface area (Å²) in [6, 6.07) is 3.39. The maximum absolute atomic E-state index is 12.9. The van der Waals surface area contributed by atoms with Gasteiger partial charge in [0.2, 0.25) is 5.91 Å². The van der Waals surface area contributed by atoms with Crippen molar-refractivity contribution in [3.63, 3.8) is 0 Å². The Morgan fingerprint density at radius 2 is 1.67 bits per heavy atom. The van der Waals surface area contributed by atoms with Crippen LogP contribution in [-0.4, -0.2) is 34.8 Å². The highest BCUT2D eigenvalue weighted by Gasteiger charge is 2.65. The minimum absolute atomic E-state index is 0.129. The molecule has 2 saturated carbocycles. The van der Waals surface area contributed by atoms with Crippen LogP contribution in [0.2, 0.25) is 0 Å². The second kappa shape index (κ2) is 5.97. The number of amides is 4. The van der Waals surface area contributed by atoms with E-state index in [0.29, 0.717) is 0 Å². The highest BCUT2D eigenvalue weighted by Crippen LogP contribution is 2.54. The van der Waals surface area contributed by atoms with Gasteiger partial charge in [-0.25, -0.2) is 4.79 Å². The van der Waals surface area contributed by atoms with Crippen molar-refractivity contribution in [2.75, 3.05) is 11.9 Å². The Morgan fingerprint density at radius 1 is 1.11 bits per heavy atom. The predicted octanol–water partition coefficient (Wildman–Crippen LogP) is 2.75. The number of imide groups is 1. The summed E-state index contributed by atoms with van der Waals surface area (Å²) >= 11 is 0. The Kier molecular flexibility index (Phi) is 3.94. The fourth-order valence-electron chi connectivity index (χ4n) is 3.81. The number of rotatable bonds is 5. The molecule has 4 amide bonds. The van der Waals surface area contributed by atoms with Gasteiger partial charge in [0.15, 0.2) is 0 Å². The monoisotopic (exact) mass is 381 g/mol. The molecule has 27 heavy (non-hydrogen) atoms. The van der Waals surface area contributed by atoms with E-state index in [1.807, 2.05) is 0 Å². The van der Waals surface area contributed by atoms with Crippen LogP contribution in [0.3, 0.4) is 0 Å². The first-order valence-electron chi connectivity index (χ1n) is 8.83. The average molecular weight is 381 g/mol. The minimum atomic E-state index is -4.46. The summed E-state index contributed by atoms with van der Waals surface area (Å²) in [7, 11) is 0. The molecule has 6 nitrogen and oxygen atoms in total. The standard InChI is InChI=1S/C18H18F3N3O3/c19-18(20,21)12-5-7-13(8-6-12)22-14(25)9-24-15(26)17(10-1-2-10,11-3-4-11)23-16(24)27/h5-8,10-11H,1-4,9H2,(H,22,25)(H,23,27). The molecule has 0 unspecified atom stereocenters. The fourth-order valence-corrected chi connectivity index (χ4v) is 3.81. The van der Waals surface area contributed by atoms with E-state index < -0.39 is 35.8 Å². The quantitative estimate of drug-likeness (QED) is 0.770. The summed E-state index contributed by atoms with van der Waals surface area (Å²) in [6.45, 7) is -0.465. The van der Waals surface area contributed by atoms with E-state index >= 15 is 0 Å². The number of anilines is 1. The van der Waals surface area contributed by atoms with Crippen LogP contribution in [0.4, 0.5) is 23.7 Å². The molecule has 3 aliphatic rings. The van der Waals surface area contributed by atoms with E-state index in [0.717, 1.165) is 54.8 Å². The molecule has 1 aromatic carbocycles. The van der Waals surface area contributed by atoms with E-state index in [-0.39, 0.29) is 23.4 Å². The van der Waals surface area contributed by atoms with Crippen molar-refractivity contribution in [2.24, 2.45) is 11.8 Å². The normalized spacial score (nSPS) is 22.0. The maximum Gasteiger partial charge on any atom is 0.416 e. The Hall–Kier alpha value is -2.58. The summed E-state index contributed by atoms with van der Waals surface area (Å²) in [4.78, 5) is 38.3. The summed E-state index contributed by atoms with van der Waals surface area (Å²) in [6.07, 6.45) is -0.929. The molecule has 1 heterocycles. The first-order valence-corrected chi connectivity index (χ1v) is 8.83. The SMILES string of the molecule is O=C(CN1C(=O)NC(C2CC2)(C2CC2)C1=O)Nc1ccc(C(F)(F)F)cc1. The van der Waals surface area contributed by atoms with Crippen molar-refractivity contribution in [1.29, 1.82) is 0 Å². The van der Waals surface area contributed by atoms with Crippen LogP contribution in [-0.2, 0) is 15.8 Å². The van der Waals surface area contributed by atoms with Gasteiger partial charge >= 0.3 is 12.2 Å². The molecule has 0 aromatic heterocycles. The molecular weight excluding hydrogens is 363 g/mol. The molecule has 1 aromatic rings. The van der Waals surface area contributed by atoms with E-state index in [9.17, 15) is 27.6 Å². The van der Waals surface area contributed by atoms with Crippen LogP contribution < -0.4 is 10.6 Å². The van der Waals surface area contributed by atoms with E-state index in [1.54, 1.807) is 0 Å². The number of halogens is 3. The Morgan fingerprint density at radius 3 is 2.15 bits per heavy atom. The number of benzene rings is 1. The smallest absolute Gasteiger partial charge is 0.325 e. The number of nitrogens with zero attached hydrogens (tertiary/aromatic N) is 1. The largest absolute Gasteiger partial charge is 0.416 e. The second-order valence-corrected chi connectivity index (χ2v) is 7.36. The van der Waals surface area contributed by atoms with Gasteiger partial charge < -0.3 is 10.6 Å². The topological polar surface area (TPSA) is 78.5 Å². The van der Waals surface area contributed by atoms with E-state index in [1.165, 1.54) is 0 Å². The molecule has 0 bridgehead atoms. The third-order valence-electron chi connectivity index (χ3n) is 5.40. The van der Waals surface area contributed by atoms with Crippen molar-refractivity contribution in [2.45, 2.75) is 37.4 Å². The number of hydrogen-bond acceptors (Lipinski definition) is 3. The van der Waals surface area contributed by atoms with Gasteiger partial charge in [-0.2, -0.15) is 13.2 Å². The zero-order valence-electron chi connectivity index (χ0n) is 14.3. The Balaban J connectivity index is 1.42. The number of hydrogen-bond donors (Lipinski definition) is 2. The minimum Gasteiger partial charge on any atom is -0.325 e. The van der Waals surface area contributed by atoms with Crippen molar-refractivity contribution < 1.29 is 27.6 Å². The molecule has 1 saturated heterocycles. The first kappa shape index (κ1) is 17.8. The van der Waals surface area contributed by atoms with E-state index in [4.69, 9.17) is 0 Å². The van der Waals surface area contributed by atoms with Crippen LogP contribution in [0.5, 0.6) is 0 Å². The maximum atomic E-state index is 12.9. The zero-order valence-corrected chi connectivity index (χ0v) is 14.3. The number of carbonyl (C=O) groups is 3. The Bertz CT molecular complexity index is 786. The summed E-state index contributed by atoms with van der Waals surface area (Å²) in [5.74, 6) is -0.741. The summed E-state index contributed by atoms with van der Waals surface area (Å²) < 4.78 is 37.7. The molecule has 3 fully saturated rings. The van der Waals surface area contributed by atoms with Gasteiger partial charge in [-0.3, -0.25) is 14.5 Å². The van der Waals surface area contributed by atoms with Crippen LogP contribution in [0.15, 0.2) is 24.3 Å². The van der Waals surface area contributed by atoms with E-state index in [2.05, 4.69) is 10.6 Å². The van der Waals surface area contributed by atoms with Crippen LogP contribution >= 0.6 is 0 Å². The lowest BCUT2D eigenvalue weighted by molar-refractivity contribution is -0.137. The summed E-state index contributed by atoms with van der Waals surface area (Å²) in [5, 5.41) is 5.24. The molecule has 4 rings (SSSR count). The van der Waals surface area contributed by atoms with Crippen LogP contribution in [0.1, 0.15) is 31.2 Å². The van der Waals surface area contributed by atoms with Gasteiger partial charge in [0.1, 0.15) is 12.1 Å². The van der Waals surface area contributed by atoms with Gasteiger partial charge in [-0.15, -0.1) is 0 Å². The number of alkyl halides is 3. The van der Waals surface area contributed by atoms with Crippen LogP contribution in [0, 0.1) is 11.8 Å². The number of nitrogens with one attached hydrogen (secondary N) is 2. The van der Waals surface area contributed by atoms with Gasteiger partial charge in [0.05, 0.1) is 5.56 Å². The first-order chi connectivity index (χ1) is 12.7. The lowest BCUT2D eigenvalue weighted by Crippen LogP contribution is -2.51. The van der Waals surface area contributed by atoms with Gasteiger partial charge in [0, 0.05) is 5.69 Å². The zero-order chi connectivity index (χ0) is 19.4. The second-order valence-electron chi connectivity index (χ2n) is 7.36. The molecule has 2 N–H and O–H groups in total. The predicted molar refractivity (Wildman–Crippen MR) is 88.5 cm³/mol. The molecule has 1 aliphatic heterocycles. The molecule has 0 spiro atoms. The highest BCUT2D eigenvalue weighted by atomic mass is 19.4.